The molecule has 0 aromatic heterocycles. The molecule has 0 aromatic carbocycles. The summed E-state index contributed by atoms with van der Waals surface area (Å²) in [5.74, 6) is 0.407. The molecule has 0 bridgehead atoms. The van der Waals surface area contributed by atoms with Gasteiger partial charge in [-0.15, -0.1) is 0 Å². The fourth-order valence-corrected chi connectivity index (χ4v) is 2.70. The first-order chi connectivity index (χ1) is 6.66. The van der Waals surface area contributed by atoms with E-state index in [1.807, 2.05) is 0 Å². The third kappa shape index (κ3) is 2.08. The van der Waals surface area contributed by atoms with Gasteiger partial charge in [-0.2, -0.15) is 0 Å². The van der Waals surface area contributed by atoms with E-state index < -0.39 is 6.43 Å². The van der Waals surface area contributed by atoms with Crippen LogP contribution in [-0.4, -0.2) is 18.5 Å². The van der Waals surface area contributed by atoms with Gasteiger partial charge >= 0.3 is 0 Å². The van der Waals surface area contributed by atoms with Crippen molar-refractivity contribution in [3.05, 3.63) is 0 Å². The Morgan fingerprint density at radius 2 is 1.93 bits per heavy atom. The molecule has 1 nitrogen and oxygen atoms in total. The molecule has 2 aliphatic rings. The van der Waals surface area contributed by atoms with E-state index in [4.69, 9.17) is 0 Å². The van der Waals surface area contributed by atoms with Gasteiger partial charge in [-0.05, 0) is 31.6 Å². The topological polar surface area (TPSA) is 12.0 Å². The molecule has 0 radical (unpaired) electrons. The van der Waals surface area contributed by atoms with Gasteiger partial charge in [0.25, 0.3) is 0 Å². The smallest absolute Gasteiger partial charge is 0.241 e. The van der Waals surface area contributed by atoms with E-state index in [2.05, 4.69) is 12.2 Å². The lowest BCUT2D eigenvalue weighted by Crippen LogP contribution is -2.48. The molecular formula is C11H19F2N. The Labute approximate surface area is 84.3 Å². The van der Waals surface area contributed by atoms with Crippen LogP contribution in [0, 0.1) is 11.8 Å². The third-order valence-electron chi connectivity index (χ3n) is 3.84. The van der Waals surface area contributed by atoms with Crippen molar-refractivity contribution in [2.45, 2.75) is 57.5 Å². The highest BCUT2D eigenvalue weighted by atomic mass is 19.3. The molecule has 2 aliphatic carbocycles. The van der Waals surface area contributed by atoms with Crippen LogP contribution in [0.3, 0.4) is 0 Å². The molecule has 2 atom stereocenters. The van der Waals surface area contributed by atoms with Gasteiger partial charge in [0.2, 0.25) is 6.43 Å². The van der Waals surface area contributed by atoms with E-state index in [1.165, 1.54) is 19.3 Å². The molecule has 3 heteroatoms. The third-order valence-corrected chi connectivity index (χ3v) is 3.84. The fraction of sp³-hybridized carbons (Fsp3) is 1.00. The van der Waals surface area contributed by atoms with Crippen LogP contribution in [0.25, 0.3) is 0 Å². The minimum Gasteiger partial charge on any atom is -0.311 e. The maximum absolute atomic E-state index is 12.2. The molecule has 82 valence electrons. The Morgan fingerprint density at radius 3 is 2.43 bits per heavy atom. The van der Waals surface area contributed by atoms with Crippen LogP contribution in [-0.2, 0) is 0 Å². The van der Waals surface area contributed by atoms with Crippen molar-refractivity contribution in [1.29, 1.82) is 0 Å². The van der Waals surface area contributed by atoms with Gasteiger partial charge in [-0.3, -0.25) is 0 Å². The van der Waals surface area contributed by atoms with Crippen LogP contribution in [0.15, 0.2) is 0 Å². The molecular weight excluding hydrogens is 184 g/mol. The Morgan fingerprint density at radius 1 is 1.21 bits per heavy atom. The van der Waals surface area contributed by atoms with E-state index in [0.717, 1.165) is 5.92 Å². The van der Waals surface area contributed by atoms with Gasteiger partial charge in [0.1, 0.15) is 0 Å². The summed E-state index contributed by atoms with van der Waals surface area (Å²) in [6.07, 6.45) is 3.08. The van der Waals surface area contributed by atoms with E-state index in [9.17, 15) is 8.78 Å². The normalized spacial score (nSPS) is 42.9. The van der Waals surface area contributed by atoms with E-state index >= 15 is 0 Å². The second-order valence-corrected chi connectivity index (χ2v) is 4.94. The Bertz CT molecular complexity index is 190. The largest absolute Gasteiger partial charge is 0.311 e. The van der Waals surface area contributed by atoms with Crippen molar-refractivity contribution in [3.8, 4) is 0 Å². The summed E-state index contributed by atoms with van der Waals surface area (Å²) in [6, 6.07) is 0.971. The maximum Gasteiger partial charge on any atom is 0.241 e. The van der Waals surface area contributed by atoms with Crippen molar-refractivity contribution in [3.63, 3.8) is 0 Å². The zero-order valence-electron chi connectivity index (χ0n) is 8.68. The number of rotatable bonds is 3. The molecule has 2 rings (SSSR count). The summed E-state index contributed by atoms with van der Waals surface area (Å²) in [5, 5.41) is 3.52. The van der Waals surface area contributed by atoms with Crippen molar-refractivity contribution in [2.75, 3.05) is 0 Å². The predicted octanol–water partition coefficient (Wildman–Crippen LogP) is 2.81. The Balaban J connectivity index is 1.68. The molecule has 2 unspecified atom stereocenters. The molecule has 2 fully saturated rings. The average molecular weight is 203 g/mol. The molecule has 0 aromatic rings. The standard InChI is InChI=1S/C11H19F2N/c1-7-3-2-4-10(7)14-9-5-8(6-9)11(12)13/h7-11,14H,2-6H2,1H3. The lowest BCUT2D eigenvalue weighted by molar-refractivity contribution is 0.0124. The van der Waals surface area contributed by atoms with Crippen molar-refractivity contribution in [1.82, 2.24) is 5.32 Å². The maximum atomic E-state index is 12.2. The van der Waals surface area contributed by atoms with Crippen LogP contribution < -0.4 is 5.32 Å². The summed E-state index contributed by atoms with van der Waals surface area (Å²) in [4.78, 5) is 0. The van der Waals surface area contributed by atoms with Gasteiger partial charge in [0.15, 0.2) is 0 Å². The Hall–Kier alpha value is -0.180. The lowest BCUT2D eigenvalue weighted by atomic mass is 9.80. The highest BCUT2D eigenvalue weighted by Gasteiger charge is 2.37. The fourth-order valence-electron chi connectivity index (χ4n) is 2.70. The van der Waals surface area contributed by atoms with Gasteiger partial charge in [-0.1, -0.05) is 13.3 Å². The monoisotopic (exact) mass is 203 g/mol. The second kappa shape index (κ2) is 4.13. The SMILES string of the molecule is CC1CCCC1NC1CC(C(F)F)C1. The lowest BCUT2D eigenvalue weighted by Gasteiger charge is -2.38. The van der Waals surface area contributed by atoms with Gasteiger partial charge in [0, 0.05) is 18.0 Å². The number of nitrogens with one attached hydrogen (secondary N) is 1. The van der Waals surface area contributed by atoms with E-state index in [1.54, 1.807) is 0 Å². The molecule has 14 heavy (non-hydrogen) atoms. The molecule has 0 amide bonds. The molecule has 1 N–H and O–H groups in total. The summed E-state index contributed by atoms with van der Waals surface area (Å²) in [5.41, 5.74) is 0. The minimum atomic E-state index is -2.10. The van der Waals surface area contributed by atoms with Gasteiger partial charge in [0.05, 0.1) is 0 Å². The first-order valence-corrected chi connectivity index (χ1v) is 5.71. The summed E-state index contributed by atoms with van der Waals surface area (Å²) >= 11 is 0. The zero-order valence-corrected chi connectivity index (χ0v) is 8.68. The second-order valence-electron chi connectivity index (χ2n) is 4.94. The number of alkyl halides is 2. The summed E-state index contributed by atoms with van der Waals surface area (Å²) in [7, 11) is 0. The molecule has 2 saturated carbocycles. The van der Waals surface area contributed by atoms with Crippen molar-refractivity contribution in [2.24, 2.45) is 11.8 Å². The predicted molar refractivity (Wildman–Crippen MR) is 52.5 cm³/mol. The van der Waals surface area contributed by atoms with Crippen LogP contribution in [0.1, 0.15) is 39.0 Å². The molecule has 0 aliphatic heterocycles. The number of hydrogen-bond donors (Lipinski definition) is 1. The molecule has 0 saturated heterocycles. The van der Waals surface area contributed by atoms with Crippen LogP contribution in [0.5, 0.6) is 0 Å². The molecule has 0 spiro atoms. The van der Waals surface area contributed by atoms with Gasteiger partial charge < -0.3 is 5.32 Å². The minimum absolute atomic E-state index is 0.329. The van der Waals surface area contributed by atoms with E-state index in [0.29, 0.717) is 24.9 Å². The van der Waals surface area contributed by atoms with Gasteiger partial charge in [-0.25, -0.2) is 8.78 Å². The zero-order chi connectivity index (χ0) is 10.1. The average Bonchev–Trinajstić information content (AvgIpc) is 2.42. The molecule has 0 heterocycles. The highest BCUT2D eigenvalue weighted by molar-refractivity contribution is 4.91. The van der Waals surface area contributed by atoms with E-state index in [-0.39, 0.29) is 5.92 Å². The van der Waals surface area contributed by atoms with Crippen LogP contribution in [0.2, 0.25) is 0 Å². The Kier molecular flexibility index (Phi) is 3.05. The number of halogens is 2. The van der Waals surface area contributed by atoms with Crippen LogP contribution in [0.4, 0.5) is 8.78 Å². The first-order valence-electron chi connectivity index (χ1n) is 5.71. The van der Waals surface area contributed by atoms with Crippen molar-refractivity contribution < 1.29 is 8.78 Å². The van der Waals surface area contributed by atoms with Crippen molar-refractivity contribution >= 4 is 0 Å². The summed E-state index contributed by atoms with van der Waals surface area (Å²) < 4.78 is 24.4. The number of hydrogen-bond acceptors (Lipinski definition) is 1. The van der Waals surface area contributed by atoms with Crippen LogP contribution >= 0.6 is 0 Å². The quantitative estimate of drug-likeness (QED) is 0.743. The highest BCUT2D eigenvalue weighted by Crippen LogP contribution is 2.35. The summed E-state index contributed by atoms with van der Waals surface area (Å²) in [6.45, 7) is 2.26. The first kappa shape index (κ1) is 10.3.